The molecule has 6 aliphatic rings. The van der Waals surface area contributed by atoms with E-state index in [0.29, 0.717) is 36.0 Å². The summed E-state index contributed by atoms with van der Waals surface area (Å²) in [5.74, 6) is 1.92. The van der Waals surface area contributed by atoms with Crippen LogP contribution in [0.25, 0.3) is 0 Å². The second-order valence-corrected chi connectivity index (χ2v) is 16.4. The van der Waals surface area contributed by atoms with E-state index in [4.69, 9.17) is 0 Å². The van der Waals surface area contributed by atoms with Crippen LogP contribution < -0.4 is 21.3 Å². The summed E-state index contributed by atoms with van der Waals surface area (Å²) in [6.07, 6.45) is 19.1. The van der Waals surface area contributed by atoms with Gasteiger partial charge in [0, 0.05) is 48.6 Å². The first-order valence-corrected chi connectivity index (χ1v) is 20.2. The fourth-order valence-electron chi connectivity index (χ4n) is 11.0. The molecule has 4 amide bonds. The minimum Gasteiger partial charge on any atom is -0.335 e. The molecule has 4 unspecified atom stereocenters. The zero-order valence-electron chi connectivity index (χ0n) is 30.3. The molecule has 5 heterocycles. The van der Waals surface area contributed by atoms with Crippen molar-refractivity contribution in [3.8, 4) is 0 Å². The van der Waals surface area contributed by atoms with Crippen LogP contribution in [0.1, 0.15) is 136 Å². The van der Waals surface area contributed by atoms with Crippen molar-refractivity contribution in [2.24, 2.45) is 11.8 Å². The molecule has 274 valence electrons. The van der Waals surface area contributed by atoms with Crippen LogP contribution in [0, 0.1) is 11.8 Å². The van der Waals surface area contributed by atoms with Crippen molar-refractivity contribution in [2.75, 3.05) is 23.7 Å². The average molecular weight is 703 g/mol. The van der Waals surface area contributed by atoms with Crippen molar-refractivity contribution in [3.05, 3.63) is 83.2 Å². The van der Waals surface area contributed by atoms with Gasteiger partial charge in [-0.1, -0.05) is 48.5 Å². The lowest BCUT2D eigenvalue weighted by atomic mass is 9.84. The van der Waals surface area contributed by atoms with E-state index in [0.717, 1.165) is 51.4 Å². The molecule has 1 aromatic heterocycles. The Kier molecular flexibility index (Phi) is 9.60. The first-order chi connectivity index (χ1) is 25.6. The summed E-state index contributed by atoms with van der Waals surface area (Å²) >= 11 is 0. The molecule has 4 N–H and O–H groups in total. The Morgan fingerprint density at radius 3 is 1.21 bits per heavy atom. The smallest absolute Gasteiger partial charge is 0.320 e. The number of aromatic nitrogens is 2. The monoisotopic (exact) mass is 702 g/mol. The van der Waals surface area contributed by atoms with Crippen LogP contribution in [0.4, 0.5) is 21.2 Å². The molecule has 4 bridgehead atoms. The van der Waals surface area contributed by atoms with Crippen LogP contribution in [0.2, 0.25) is 0 Å². The number of benzene rings is 2. The van der Waals surface area contributed by atoms with E-state index in [1.165, 1.54) is 64.0 Å². The number of rotatable bonds is 10. The molecule has 0 radical (unpaired) electrons. The first-order valence-electron chi connectivity index (χ1n) is 20.2. The summed E-state index contributed by atoms with van der Waals surface area (Å²) in [7, 11) is 0. The Morgan fingerprint density at radius 1 is 0.519 bits per heavy atom. The van der Waals surface area contributed by atoms with Gasteiger partial charge in [0.2, 0.25) is 0 Å². The van der Waals surface area contributed by atoms with E-state index in [9.17, 15) is 9.59 Å². The molecule has 10 nitrogen and oxygen atoms in total. The van der Waals surface area contributed by atoms with E-state index in [-0.39, 0.29) is 35.8 Å². The summed E-state index contributed by atoms with van der Waals surface area (Å²) in [4.78, 5) is 40.2. The Balaban J connectivity index is 0.681. The van der Waals surface area contributed by atoms with Crippen LogP contribution in [0.15, 0.2) is 60.9 Å². The highest BCUT2D eigenvalue weighted by Gasteiger charge is 2.44. The molecule has 2 saturated carbocycles. The normalized spacial score (nSPS) is 30.5. The highest BCUT2D eigenvalue weighted by Crippen LogP contribution is 2.54. The molecule has 4 aliphatic heterocycles. The van der Waals surface area contributed by atoms with Gasteiger partial charge in [-0.15, -0.1) is 0 Å². The van der Waals surface area contributed by atoms with Gasteiger partial charge in [-0.05, 0) is 137 Å². The van der Waals surface area contributed by atoms with E-state index in [1.807, 2.05) is 0 Å². The van der Waals surface area contributed by atoms with Crippen LogP contribution in [0.3, 0.4) is 0 Å². The lowest BCUT2D eigenvalue weighted by Gasteiger charge is -2.31. The summed E-state index contributed by atoms with van der Waals surface area (Å²) in [6.45, 7) is 2.33. The Morgan fingerprint density at radius 2 is 0.865 bits per heavy atom. The molecular weight excluding hydrogens is 649 g/mol. The van der Waals surface area contributed by atoms with Gasteiger partial charge < -0.3 is 10.6 Å². The zero-order chi connectivity index (χ0) is 35.0. The van der Waals surface area contributed by atoms with E-state index >= 15 is 0 Å². The predicted octanol–water partition coefficient (Wildman–Crippen LogP) is 8.40. The number of nitrogens with one attached hydrogen (secondary N) is 4. The minimum absolute atomic E-state index is 0.136. The van der Waals surface area contributed by atoms with Crippen LogP contribution >= 0.6 is 0 Å². The van der Waals surface area contributed by atoms with Gasteiger partial charge in [-0.25, -0.2) is 19.6 Å². The van der Waals surface area contributed by atoms with Gasteiger partial charge in [0.15, 0.2) is 11.6 Å². The number of nitrogens with zero attached hydrogens (tertiary/aromatic N) is 4. The third kappa shape index (κ3) is 6.80. The summed E-state index contributed by atoms with van der Waals surface area (Å²) < 4.78 is 0. The van der Waals surface area contributed by atoms with E-state index < -0.39 is 0 Å². The molecule has 2 aliphatic carbocycles. The predicted molar refractivity (Wildman–Crippen MR) is 203 cm³/mol. The van der Waals surface area contributed by atoms with Gasteiger partial charge in [0.05, 0.1) is 0 Å². The van der Waals surface area contributed by atoms with Gasteiger partial charge >= 0.3 is 12.1 Å². The number of hydrogen-bond acceptors (Lipinski definition) is 6. The maximum Gasteiger partial charge on any atom is 0.320 e. The third-order valence-electron chi connectivity index (χ3n) is 13.6. The largest absolute Gasteiger partial charge is 0.335 e. The average Bonchev–Trinajstić information content (AvgIpc) is 3.93. The lowest BCUT2D eigenvalue weighted by molar-refractivity contribution is 0.186. The summed E-state index contributed by atoms with van der Waals surface area (Å²) in [5.41, 5.74) is 6.22. The van der Waals surface area contributed by atoms with Gasteiger partial charge in [0.25, 0.3) is 0 Å². The third-order valence-corrected chi connectivity index (χ3v) is 13.6. The fraction of sp³-hybridized carbons (Fsp3) is 0.571. The second-order valence-electron chi connectivity index (χ2n) is 16.4. The summed E-state index contributed by atoms with van der Waals surface area (Å²) in [6, 6.07) is 20.2. The number of fused-ring (bicyclic) bond motifs is 10. The maximum absolute atomic E-state index is 13.0. The lowest BCUT2D eigenvalue weighted by Crippen LogP contribution is -2.41. The van der Waals surface area contributed by atoms with Crippen LogP contribution in [-0.4, -0.2) is 57.0 Å². The fourth-order valence-corrected chi connectivity index (χ4v) is 11.0. The molecule has 3 aromatic rings. The topological polar surface area (TPSA) is 115 Å². The van der Waals surface area contributed by atoms with Crippen molar-refractivity contribution in [1.82, 2.24) is 30.4 Å². The standard InChI is InChI=1S/C42H54N8O2/c51-41(45-29-13-9-27(10-14-29)21-25-49-35-17-18-36(49)32-6-2-1-5-31(32)35)47-39-40(44-24-23-43-39)48-42(52)46-30-15-11-28(12-16-30)22-26-50-37-19-20-38(50)34-8-4-3-7-33(34)37/h1-8,23-24,27-30,35-38H,9-22,25-26H2,(H2,43,45,47,51)(H2,44,46,48,52). The maximum atomic E-state index is 13.0. The van der Waals surface area contributed by atoms with Crippen molar-refractivity contribution in [2.45, 2.75) is 126 Å². The Bertz CT molecular complexity index is 1560. The van der Waals surface area contributed by atoms with E-state index in [1.54, 1.807) is 22.3 Å². The molecule has 2 aromatic carbocycles. The number of hydrogen-bond donors (Lipinski definition) is 4. The highest BCUT2D eigenvalue weighted by atomic mass is 16.2. The van der Waals surface area contributed by atoms with Gasteiger partial charge in [0.1, 0.15) is 0 Å². The SMILES string of the molecule is O=C(Nc1nccnc1NC(=O)NC1CCC(CCN2C3CCC2c2ccccc23)CC1)NC1CCC(CCN2C3CCC2c2ccccc23)CC1. The number of carbonyl (C=O) groups excluding carboxylic acids is 2. The number of anilines is 2. The van der Waals surface area contributed by atoms with Gasteiger partial charge in [-0.2, -0.15) is 0 Å². The second kappa shape index (κ2) is 14.8. The summed E-state index contributed by atoms with van der Waals surface area (Å²) in [5, 5.41) is 12.0. The van der Waals surface area contributed by atoms with Crippen LogP contribution in [-0.2, 0) is 0 Å². The molecular formula is C42H54N8O2. The zero-order valence-corrected chi connectivity index (χ0v) is 30.3. The molecule has 52 heavy (non-hydrogen) atoms. The van der Waals surface area contributed by atoms with Gasteiger partial charge in [-0.3, -0.25) is 20.4 Å². The molecule has 10 heteroatoms. The van der Waals surface area contributed by atoms with E-state index in [2.05, 4.69) is 89.6 Å². The molecule has 9 rings (SSSR count). The quantitative estimate of drug-likeness (QED) is 0.169. The highest BCUT2D eigenvalue weighted by molar-refractivity contribution is 5.96. The van der Waals surface area contributed by atoms with Crippen LogP contribution in [0.5, 0.6) is 0 Å². The molecule has 0 spiro atoms. The van der Waals surface area contributed by atoms with Crippen molar-refractivity contribution in [3.63, 3.8) is 0 Å². The molecule has 4 atom stereocenters. The van der Waals surface area contributed by atoms with Crippen molar-refractivity contribution in [1.29, 1.82) is 0 Å². The molecule has 2 saturated heterocycles. The van der Waals surface area contributed by atoms with Crippen molar-refractivity contribution < 1.29 is 9.59 Å². The Labute approximate surface area is 307 Å². The molecule has 4 fully saturated rings. The number of amides is 4. The van der Waals surface area contributed by atoms with Crippen molar-refractivity contribution >= 4 is 23.7 Å². The number of carbonyl (C=O) groups is 2. The Hall–Kier alpha value is -4.02. The first kappa shape index (κ1) is 33.8. The number of urea groups is 2. The minimum atomic E-state index is -0.303.